The van der Waals surface area contributed by atoms with Gasteiger partial charge in [0.1, 0.15) is 5.82 Å². The Hall–Kier alpha value is -1.66. The van der Waals surface area contributed by atoms with Crippen LogP contribution in [0.5, 0.6) is 0 Å². The molecule has 3 rings (SSSR count). The molecule has 0 radical (unpaired) electrons. The van der Waals surface area contributed by atoms with Gasteiger partial charge in [-0.3, -0.25) is 0 Å². The van der Waals surface area contributed by atoms with E-state index in [1.165, 1.54) is 0 Å². The molecule has 0 aliphatic carbocycles. The monoisotopic (exact) mass is 305 g/mol. The first-order valence-electron chi connectivity index (χ1n) is 7.20. The zero-order valence-corrected chi connectivity index (χ0v) is 12.8. The van der Waals surface area contributed by atoms with Gasteiger partial charge in [-0.25, -0.2) is 13.4 Å². The van der Waals surface area contributed by atoms with Crippen LogP contribution in [-0.2, 0) is 10.0 Å². The number of pyridine rings is 1. The first kappa shape index (κ1) is 14.3. The van der Waals surface area contributed by atoms with Crippen molar-refractivity contribution in [2.24, 2.45) is 0 Å². The number of hydrogen-bond acceptors (Lipinski definition) is 4. The highest BCUT2D eigenvalue weighted by molar-refractivity contribution is 7.89. The smallest absolute Gasteiger partial charge is 0.243 e. The van der Waals surface area contributed by atoms with Crippen molar-refractivity contribution in [2.45, 2.75) is 37.1 Å². The van der Waals surface area contributed by atoms with E-state index in [2.05, 4.69) is 4.98 Å². The summed E-state index contributed by atoms with van der Waals surface area (Å²) in [5, 5.41) is 0.789. The predicted molar refractivity (Wildman–Crippen MR) is 83.4 cm³/mol. The van der Waals surface area contributed by atoms with Crippen LogP contribution in [0.2, 0.25) is 0 Å². The van der Waals surface area contributed by atoms with Crippen LogP contribution in [0.15, 0.2) is 35.2 Å². The highest BCUT2D eigenvalue weighted by Crippen LogP contribution is 2.29. The molecule has 5 nitrogen and oxygen atoms in total. The number of nitrogens with two attached hydrogens (primary N) is 1. The van der Waals surface area contributed by atoms with Crippen LogP contribution in [-0.4, -0.2) is 30.3 Å². The van der Waals surface area contributed by atoms with Gasteiger partial charge in [0.15, 0.2) is 0 Å². The maximum absolute atomic E-state index is 12.8. The summed E-state index contributed by atoms with van der Waals surface area (Å²) < 4.78 is 27.2. The molecule has 0 amide bonds. The van der Waals surface area contributed by atoms with Crippen LogP contribution in [0.4, 0.5) is 5.82 Å². The van der Waals surface area contributed by atoms with E-state index in [9.17, 15) is 8.42 Å². The van der Waals surface area contributed by atoms with Gasteiger partial charge >= 0.3 is 0 Å². The molecule has 112 valence electrons. The Balaban J connectivity index is 2.04. The van der Waals surface area contributed by atoms with Gasteiger partial charge < -0.3 is 5.73 Å². The van der Waals surface area contributed by atoms with E-state index in [0.29, 0.717) is 22.8 Å². The molecule has 1 aromatic heterocycles. The van der Waals surface area contributed by atoms with Gasteiger partial charge in [-0.2, -0.15) is 4.31 Å². The molecule has 1 aliphatic heterocycles. The van der Waals surface area contributed by atoms with Crippen molar-refractivity contribution in [2.75, 3.05) is 12.3 Å². The molecule has 1 atom stereocenters. The van der Waals surface area contributed by atoms with Crippen LogP contribution < -0.4 is 5.73 Å². The van der Waals surface area contributed by atoms with Crippen molar-refractivity contribution < 1.29 is 8.42 Å². The molecule has 21 heavy (non-hydrogen) atoms. The maximum atomic E-state index is 12.8. The molecule has 2 aromatic rings. The van der Waals surface area contributed by atoms with Crippen molar-refractivity contribution in [3.8, 4) is 0 Å². The zero-order chi connectivity index (χ0) is 15.0. The molecule has 1 aromatic carbocycles. The summed E-state index contributed by atoms with van der Waals surface area (Å²) in [5.41, 5.74) is 6.36. The minimum Gasteiger partial charge on any atom is -0.384 e. The lowest BCUT2D eigenvalue weighted by Crippen LogP contribution is -2.35. The van der Waals surface area contributed by atoms with Crippen molar-refractivity contribution in [1.29, 1.82) is 0 Å². The summed E-state index contributed by atoms with van der Waals surface area (Å²) in [6.45, 7) is 2.64. The van der Waals surface area contributed by atoms with Crippen LogP contribution in [0, 0.1) is 0 Å². The number of anilines is 1. The molecule has 6 heteroatoms. The fourth-order valence-electron chi connectivity index (χ4n) is 2.95. The van der Waals surface area contributed by atoms with Crippen LogP contribution >= 0.6 is 0 Å². The Kier molecular flexibility index (Phi) is 3.59. The molecule has 1 fully saturated rings. The predicted octanol–water partition coefficient (Wildman–Crippen LogP) is 2.38. The first-order chi connectivity index (χ1) is 10.0. The van der Waals surface area contributed by atoms with Gasteiger partial charge in [-0.15, -0.1) is 0 Å². The summed E-state index contributed by atoms with van der Waals surface area (Å²) in [5.74, 6) is 0.434. The Bertz CT molecular complexity index is 774. The van der Waals surface area contributed by atoms with Gasteiger partial charge in [0.25, 0.3) is 0 Å². The van der Waals surface area contributed by atoms with Crippen LogP contribution in [0.3, 0.4) is 0 Å². The molecule has 0 bridgehead atoms. The molecule has 2 heterocycles. The number of nitrogens with zero attached hydrogens (tertiary/aromatic N) is 2. The lowest BCUT2D eigenvalue weighted by Gasteiger charge is -2.23. The van der Waals surface area contributed by atoms with Crippen LogP contribution in [0.1, 0.15) is 26.2 Å². The Morgan fingerprint density at radius 1 is 1.33 bits per heavy atom. The van der Waals surface area contributed by atoms with E-state index in [1.54, 1.807) is 34.6 Å². The molecule has 1 saturated heterocycles. The van der Waals surface area contributed by atoms with Crippen molar-refractivity contribution in [3.05, 3.63) is 30.3 Å². The highest BCUT2D eigenvalue weighted by atomic mass is 32.2. The summed E-state index contributed by atoms with van der Waals surface area (Å²) >= 11 is 0. The standard InChI is InChI=1S/C15H19N3O2S/c1-2-12-4-3-9-18(12)21(19,20)13-6-7-14-11(10-13)5-8-15(16)17-14/h5-8,10,12H,2-4,9H2,1H3,(H2,16,17). The average molecular weight is 305 g/mol. The third-order valence-corrected chi connectivity index (χ3v) is 6.03. The molecule has 1 aliphatic rings. The number of fused-ring (bicyclic) bond motifs is 1. The Morgan fingerprint density at radius 2 is 2.14 bits per heavy atom. The molecule has 0 saturated carbocycles. The van der Waals surface area contributed by atoms with E-state index < -0.39 is 10.0 Å². The quantitative estimate of drug-likeness (QED) is 0.944. The first-order valence-corrected chi connectivity index (χ1v) is 8.64. The van der Waals surface area contributed by atoms with Gasteiger partial charge in [0, 0.05) is 18.0 Å². The van der Waals surface area contributed by atoms with Gasteiger partial charge in [-0.05, 0) is 49.6 Å². The lowest BCUT2D eigenvalue weighted by molar-refractivity contribution is 0.379. The molecule has 2 N–H and O–H groups in total. The van der Waals surface area contributed by atoms with E-state index in [0.717, 1.165) is 24.6 Å². The Labute approximate surface area is 124 Å². The van der Waals surface area contributed by atoms with Gasteiger partial charge in [-0.1, -0.05) is 6.92 Å². The number of rotatable bonds is 3. The van der Waals surface area contributed by atoms with E-state index >= 15 is 0 Å². The minimum atomic E-state index is -3.43. The van der Waals surface area contributed by atoms with E-state index in [-0.39, 0.29) is 6.04 Å². The molecule has 1 unspecified atom stereocenters. The zero-order valence-electron chi connectivity index (χ0n) is 12.0. The SMILES string of the molecule is CCC1CCCN1S(=O)(=O)c1ccc2nc(N)ccc2c1. The number of aromatic nitrogens is 1. The third kappa shape index (κ3) is 2.49. The summed E-state index contributed by atoms with van der Waals surface area (Å²) in [7, 11) is -3.43. The highest BCUT2D eigenvalue weighted by Gasteiger charge is 2.34. The second-order valence-corrected chi connectivity index (χ2v) is 7.30. The summed E-state index contributed by atoms with van der Waals surface area (Å²) in [6.07, 6.45) is 2.73. The minimum absolute atomic E-state index is 0.121. The van der Waals surface area contributed by atoms with Crippen LogP contribution in [0.25, 0.3) is 10.9 Å². The van der Waals surface area contributed by atoms with E-state index in [1.807, 2.05) is 6.92 Å². The van der Waals surface area contributed by atoms with Crippen molar-refractivity contribution in [3.63, 3.8) is 0 Å². The number of benzene rings is 1. The molecule has 0 spiro atoms. The second-order valence-electron chi connectivity index (χ2n) is 5.41. The fraction of sp³-hybridized carbons (Fsp3) is 0.400. The van der Waals surface area contributed by atoms with Gasteiger partial charge in [0.2, 0.25) is 10.0 Å². The summed E-state index contributed by atoms with van der Waals surface area (Å²) in [4.78, 5) is 4.53. The van der Waals surface area contributed by atoms with E-state index in [4.69, 9.17) is 5.73 Å². The lowest BCUT2D eigenvalue weighted by atomic mass is 10.2. The third-order valence-electron chi connectivity index (χ3n) is 4.08. The fourth-order valence-corrected chi connectivity index (χ4v) is 4.75. The van der Waals surface area contributed by atoms with Crippen molar-refractivity contribution in [1.82, 2.24) is 9.29 Å². The number of nitrogen functional groups attached to an aromatic ring is 1. The Morgan fingerprint density at radius 3 is 2.90 bits per heavy atom. The normalized spacial score (nSPS) is 20.1. The number of sulfonamides is 1. The summed E-state index contributed by atoms with van der Waals surface area (Å²) in [6, 6.07) is 8.63. The van der Waals surface area contributed by atoms with Crippen molar-refractivity contribution >= 4 is 26.7 Å². The topological polar surface area (TPSA) is 76.3 Å². The maximum Gasteiger partial charge on any atom is 0.243 e. The second kappa shape index (κ2) is 5.27. The molecular weight excluding hydrogens is 286 g/mol. The van der Waals surface area contributed by atoms with Gasteiger partial charge in [0.05, 0.1) is 10.4 Å². The molecular formula is C15H19N3O2S. The largest absolute Gasteiger partial charge is 0.384 e. The number of hydrogen-bond donors (Lipinski definition) is 1. The average Bonchev–Trinajstić information content (AvgIpc) is 2.95.